The molecule has 0 amide bonds. The van der Waals surface area contributed by atoms with Crippen LogP contribution >= 0.6 is 0 Å². The minimum absolute atomic E-state index is 0.552. The number of hydrogen-bond acceptors (Lipinski definition) is 2. The van der Waals surface area contributed by atoms with Crippen LogP contribution < -0.4 is 0 Å². The summed E-state index contributed by atoms with van der Waals surface area (Å²) in [6.07, 6.45) is 2.84. The molecule has 0 aliphatic rings. The zero-order chi connectivity index (χ0) is 15.7. The molecule has 0 saturated carbocycles. The average Bonchev–Trinajstić information content (AvgIpc) is 2.92. The number of benzene rings is 1. The molecule has 0 unspecified atom stereocenters. The number of rotatable bonds is 3. The molecule has 2 aromatic heterocycles. The number of pyridine rings is 1. The quantitative estimate of drug-likeness (QED) is 0.724. The first kappa shape index (κ1) is 14.3. The highest BCUT2D eigenvalue weighted by atomic mass is 15.0. The normalized spacial score (nSPS) is 11.0. The van der Waals surface area contributed by atoms with Crippen molar-refractivity contribution in [2.24, 2.45) is 0 Å². The Morgan fingerprint density at radius 2 is 1.86 bits per heavy atom. The smallest absolute Gasteiger partial charge is 0.137 e. The summed E-state index contributed by atoms with van der Waals surface area (Å²) in [5, 5.41) is 9.11. The van der Waals surface area contributed by atoms with E-state index in [1.807, 2.05) is 29.7 Å². The van der Waals surface area contributed by atoms with Crippen molar-refractivity contribution < 1.29 is 0 Å². The second kappa shape index (κ2) is 5.65. The van der Waals surface area contributed by atoms with E-state index in [0.717, 1.165) is 23.5 Å². The Bertz CT molecular complexity index is 849. The lowest BCUT2D eigenvalue weighted by Gasteiger charge is -2.05. The van der Waals surface area contributed by atoms with Crippen LogP contribution in [0.5, 0.6) is 0 Å². The van der Waals surface area contributed by atoms with E-state index in [9.17, 15) is 0 Å². The Morgan fingerprint density at radius 3 is 2.50 bits per heavy atom. The van der Waals surface area contributed by atoms with Crippen LogP contribution in [0.1, 0.15) is 47.8 Å². The van der Waals surface area contributed by atoms with Crippen molar-refractivity contribution in [3.63, 3.8) is 0 Å². The van der Waals surface area contributed by atoms with Crippen LogP contribution in [-0.2, 0) is 6.42 Å². The molecule has 110 valence electrons. The van der Waals surface area contributed by atoms with Crippen LogP contribution in [0, 0.1) is 18.3 Å². The summed E-state index contributed by atoms with van der Waals surface area (Å²) >= 11 is 0. The van der Waals surface area contributed by atoms with Gasteiger partial charge in [0.15, 0.2) is 0 Å². The summed E-state index contributed by atoms with van der Waals surface area (Å²) in [5.41, 5.74) is 6.16. The molecule has 0 N–H and O–H groups in total. The van der Waals surface area contributed by atoms with Gasteiger partial charge in [-0.15, -0.1) is 0 Å². The number of aryl methyl sites for hydroxylation is 1. The second-order valence-electron chi connectivity index (χ2n) is 5.98. The fourth-order valence-electron chi connectivity index (χ4n) is 2.67. The first-order valence-electron chi connectivity index (χ1n) is 7.55. The van der Waals surface area contributed by atoms with Gasteiger partial charge in [0, 0.05) is 18.3 Å². The third kappa shape index (κ3) is 2.60. The topological polar surface area (TPSA) is 41.1 Å². The molecule has 0 bridgehead atoms. The van der Waals surface area contributed by atoms with Gasteiger partial charge in [-0.1, -0.05) is 38.1 Å². The molecule has 1 aromatic carbocycles. The van der Waals surface area contributed by atoms with Gasteiger partial charge in [-0.2, -0.15) is 5.26 Å². The predicted molar refractivity (Wildman–Crippen MR) is 88.0 cm³/mol. The lowest BCUT2D eigenvalue weighted by molar-refractivity contribution is 0.865. The van der Waals surface area contributed by atoms with E-state index >= 15 is 0 Å². The molecule has 3 rings (SSSR count). The summed E-state index contributed by atoms with van der Waals surface area (Å²) in [5.74, 6) is 0.552. The Kier molecular flexibility index (Phi) is 3.68. The average molecular weight is 289 g/mol. The number of nitrogens with zero attached hydrogens (tertiary/aromatic N) is 3. The maximum Gasteiger partial charge on any atom is 0.137 e. The van der Waals surface area contributed by atoms with Crippen LogP contribution in [0.25, 0.3) is 5.65 Å². The van der Waals surface area contributed by atoms with Crippen molar-refractivity contribution in [2.75, 3.05) is 0 Å². The third-order valence-corrected chi connectivity index (χ3v) is 4.09. The van der Waals surface area contributed by atoms with Gasteiger partial charge in [-0.3, -0.25) is 0 Å². The van der Waals surface area contributed by atoms with Gasteiger partial charge in [0.05, 0.1) is 11.3 Å². The monoisotopic (exact) mass is 289 g/mol. The van der Waals surface area contributed by atoms with E-state index in [1.54, 1.807) is 0 Å². The standard InChI is InChI=1S/C19H19N3/c1-13(2)16-6-4-15(5-7-16)10-18-12-22-14(3)17(11-20)8-9-19(22)21-18/h4-9,12-13H,10H2,1-3H3. The molecule has 2 heterocycles. The molecule has 0 aliphatic carbocycles. The molecular weight excluding hydrogens is 270 g/mol. The molecule has 0 saturated heterocycles. The third-order valence-electron chi connectivity index (χ3n) is 4.09. The van der Waals surface area contributed by atoms with Crippen molar-refractivity contribution in [3.8, 4) is 6.07 Å². The first-order chi connectivity index (χ1) is 10.6. The van der Waals surface area contributed by atoms with Gasteiger partial charge in [0.1, 0.15) is 11.7 Å². The molecule has 3 aromatic rings. The lowest BCUT2D eigenvalue weighted by atomic mass is 10.0. The molecule has 22 heavy (non-hydrogen) atoms. The second-order valence-corrected chi connectivity index (χ2v) is 5.98. The Labute approximate surface area is 130 Å². The van der Waals surface area contributed by atoms with Crippen LogP contribution in [0.15, 0.2) is 42.6 Å². The maximum absolute atomic E-state index is 9.11. The molecule has 0 aliphatic heterocycles. The van der Waals surface area contributed by atoms with Crippen molar-refractivity contribution >= 4 is 5.65 Å². The van der Waals surface area contributed by atoms with Crippen LogP contribution in [0.3, 0.4) is 0 Å². The molecule has 0 spiro atoms. The fraction of sp³-hybridized carbons (Fsp3) is 0.263. The Hall–Kier alpha value is -2.60. The van der Waals surface area contributed by atoms with E-state index in [2.05, 4.69) is 49.2 Å². The molecular formula is C19H19N3. The van der Waals surface area contributed by atoms with E-state index in [4.69, 9.17) is 5.26 Å². The van der Waals surface area contributed by atoms with Crippen molar-refractivity contribution in [3.05, 3.63) is 70.7 Å². The van der Waals surface area contributed by atoms with E-state index < -0.39 is 0 Å². The zero-order valence-corrected chi connectivity index (χ0v) is 13.2. The van der Waals surface area contributed by atoms with Gasteiger partial charge in [-0.25, -0.2) is 4.98 Å². The first-order valence-corrected chi connectivity index (χ1v) is 7.55. The number of imidazole rings is 1. The maximum atomic E-state index is 9.11. The Balaban J connectivity index is 1.91. The van der Waals surface area contributed by atoms with E-state index in [1.165, 1.54) is 11.1 Å². The summed E-state index contributed by atoms with van der Waals surface area (Å²) in [7, 11) is 0. The SMILES string of the molecule is Cc1c(C#N)ccc2nc(Cc3ccc(C(C)C)cc3)cn12. The highest BCUT2D eigenvalue weighted by molar-refractivity contribution is 5.48. The van der Waals surface area contributed by atoms with Gasteiger partial charge < -0.3 is 4.40 Å². The highest BCUT2D eigenvalue weighted by Crippen LogP contribution is 2.18. The van der Waals surface area contributed by atoms with Gasteiger partial charge in [-0.05, 0) is 36.1 Å². The van der Waals surface area contributed by atoms with Crippen LogP contribution in [0.2, 0.25) is 0 Å². The van der Waals surface area contributed by atoms with Crippen molar-refractivity contribution in [2.45, 2.75) is 33.1 Å². The van der Waals surface area contributed by atoms with E-state index in [0.29, 0.717) is 11.5 Å². The molecule has 3 nitrogen and oxygen atoms in total. The highest BCUT2D eigenvalue weighted by Gasteiger charge is 2.08. The minimum Gasteiger partial charge on any atom is -0.303 e. The molecule has 3 heteroatoms. The number of fused-ring (bicyclic) bond motifs is 1. The largest absolute Gasteiger partial charge is 0.303 e. The summed E-state index contributed by atoms with van der Waals surface area (Å²) in [6.45, 7) is 6.35. The van der Waals surface area contributed by atoms with Gasteiger partial charge >= 0.3 is 0 Å². The zero-order valence-electron chi connectivity index (χ0n) is 13.2. The van der Waals surface area contributed by atoms with Gasteiger partial charge in [0.2, 0.25) is 0 Å². The number of hydrogen-bond donors (Lipinski definition) is 0. The summed E-state index contributed by atoms with van der Waals surface area (Å²) < 4.78 is 2.00. The summed E-state index contributed by atoms with van der Waals surface area (Å²) in [6, 6.07) is 14.7. The van der Waals surface area contributed by atoms with Crippen molar-refractivity contribution in [1.82, 2.24) is 9.38 Å². The molecule has 0 atom stereocenters. The van der Waals surface area contributed by atoms with Gasteiger partial charge in [0.25, 0.3) is 0 Å². The molecule has 0 radical (unpaired) electrons. The number of nitriles is 1. The van der Waals surface area contributed by atoms with Crippen LogP contribution in [-0.4, -0.2) is 9.38 Å². The lowest BCUT2D eigenvalue weighted by Crippen LogP contribution is -1.93. The summed E-state index contributed by atoms with van der Waals surface area (Å²) in [4.78, 5) is 4.66. The van der Waals surface area contributed by atoms with E-state index in [-0.39, 0.29) is 0 Å². The minimum atomic E-state index is 0.552. The van der Waals surface area contributed by atoms with Crippen LogP contribution in [0.4, 0.5) is 0 Å². The fourth-order valence-corrected chi connectivity index (χ4v) is 2.67. The molecule has 0 fully saturated rings. The van der Waals surface area contributed by atoms with Crippen molar-refractivity contribution in [1.29, 1.82) is 5.26 Å². The Morgan fingerprint density at radius 1 is 1.14 bits per heavy atom. The number of aromatic nitrogens is 2. The predicted octanol–water partition coefficient (Wildman–Crippen LogP) is 4.23.